The highest BCUT2D eigenvalue weighted by atomic mass is 79.9. The molecule has 0 spiro atoms. The van der Waals surface area contributed by atoms with Crippen molar-refractivity contribution in [3.63, 3.8) is 0 Å². The summed E-state index contributed by atoms with van der Waals surface area (Å²) < 4.78 is 2.73. The van der Waals surface area contributed by atoms with Crippen molar-refractivity contribution in [3.8, 4) is 11.1 Å². The van der Waals surface area contributed by atoms with Crippen molar-refractivity contribution in [3.05, 3.63) is 75.5 Å². The second-order valence-electron chi connectivity index (χ2n) is 9.79. The molecule has 1 aliphatic rings. The summed E-state index contributed by atoms with van der Waals surface area (Å²) in [4.78, 5) is 40.7. The van der Waals surface area contributed by atoms with Crippen molar-refractivity contribution in [2.75, 3.05) is 18.4 Å². The van der Waals surface area contributed by atoms with E-state index < -0.39 is 18.0 Å². The number of carbonyl (C=O) groups excluding carboxylic acids is 2. The van der Waals surface area contributed by atoms with Crippen LogP contribution < -0.4 is 11.1 Å². The monoisotopic (exact) mass is 592 g/mol. The van der Waals surface area contributed by atoms with Gasteiger partial charge in [-0.3, -0.25) is 14.5 Å². The van der Waals surface area contributed by atoms with Crippen LogP contribution in [-0.2, 0) is 9.59 Å². The Labute approximate surface area is 236 Å². The van der Waals surface area contributed by atoms with Crippen LogP contribution in [0.5, 0.6) is 0 Å². The van der Waals surface area contributed by atoms with Gasteiger partial charge in [0.2, 0.25) is 5.91 Å². The lowest BCUT2D eigenvalue weighted by atomic mass is 9.96. The van der Waals surface area contributed by atoms with Crippen LogP contribution in [-0.4, -0.2) is 45.4 Å². The van der Waals surface area contributed by atoms with Crippen LogP contribution in [0.15, 0.2) is 53.0 Å². The normalized spacial score (nSPS) is 14.6. The van der Waals surface area contributed by atoms with Crippen LogP contribution in [0.4, 0.5) is 5.69 Å². The van der Waals surface area contributed by atoms with Crippen LogP contribution in [0, 0.1) is 0 Å². The van der Waals surface area contributed by atoms with Crippen molar-refractivity contribution >= 4 is 51.1 Å². The molecule has 1 unspecified atom stereocenters. The van der Waals surface area contributed by atoms with Gasteiger partial charge in [0, 0.05) is 27.0 Å². The lowest BCUT2D eigenvalue weighted by Crippen LogP contribution is -2.37. The quantitative estimate of drug-likeness (QED) is 0.251. The largest absolute Gasteiger partial charge is 0.478 e. The number of carboxylic acids is 1. The number of nitrogens with zero attached hydrogens (tertiary/aromatic N) is 2. The lowest BCUT2D eigenvalue weighted by Gasteiger charge is -2.33. The molecule has 0 saturated heterocycles. The Morgan fingerprint density at radius 3 is 2.36 bits per heavy atom. The number of halogens is 1. The standard InChI is InChI=1S/C30H33BrN4O4/c1-5-34(6-2)25(16-24(32)36)35-23(15-21-20-14-19(31)12-13-22(20)33-29(21)37)26(18-10-8-7-9-11-18)27(30(38)39)28(35)17(3)4/h7-15,17,25H,5-6,16H2,1-4H3,(H2,32,36)(H,33,37)(H,38,39). The minimum absolute atomic E-state index is 0.0200. The molecule has 0 aliphatic carbocycles. The number of rotatable bonds is 10. The number of fused-ring (bicyclic) bond motifs is 1. The highest BCUT2D eigenvalue weighted by molar-refractivity contribution is 9.10. The summed E-state index contributed by atoms with van der Waals surface area (Å²) in [5.74, 6) is -2.07. The van der Waals surface area contributed by atoms with E-state index in [1.54, 1.807) is 6.08 Å². The molecule has 0 bridgehead atoms. The number of hydrogen-bond acceptors (Lipinski definition) is 4. The Bertz CT molecular complexity index is 1460. The van der Waals surface area contributed by atoms with E-state index in [0.717, 1.165) is 4.47 Å². The predicted octanol–water partition coefficient (Wildman–Crippen LogP) is 5.95. The SMILES string of the molecule is CCN(CC)C(CC(N)=O)n1c(C=C2C(=O)Nc3ccc(Br)cc32)c(-c2ccccc2)c(C(=O)O)c1C(C)C. The minimum atomic E-state index is -1.08. The summed E-state index contributed by atoms with van der Waals surface area (Å²) in [6.07, 6.45) is 1.18. The van der Waals surface area contributed by atoms with E-state index in [4.69, 9.17) is 5.73 Å². The average Bonchev–Trinajstić information content (AvgIpc) is 3.39. The van der Waals surface area contributed by atoms with Crippen LogP contribution in [0.3, 0.4) is 0 Å². The highest BCUT2D eigenvalue weighted by Gasteiger charge is 2.35. The fourth-order valence-electron chi connectivity index (χ4n) is 5.42. The number of nitrogens with one attached hydrogen (secondary N) is 1. The maximum absolute atomic E-state index is 13.3. The number of primary amides is 1. The molecule has 2 aromatic carbocycles. The van der Waals surface area contributed by atoms with Crippen molar-refractivity contribution in [2.45, 2.75) is 46.2 Å². The molecule has 1 aliphatic heterocycles. The summed E-state index contributed by atoms with van der Waals surface area (Å²) in [5, 5.41) is 13.5. The van der Waals surface area contributed by atoms with E-state index >= 15 is 0 Å². The first-order chi connectivity index (χ1) is 18.6. The third-order valence-electron chi connectivity index (χ3n) is 7.07. The van der Waals surface area contributed by atoms with Crippen LogP contribution in [0.2, 0.25) is 0 Å². The summed E-state index contributed by atoms with van der Waals surface area (Å²) >= 11 is 3.50. The Morgan fingerprint density at radius 1 is 1.13 bits per heavy atom. The smallest absolute Gasteiger partial charge is 0.338 e. The van der Waals surface area contributed by atoms with Gasteiger partial charge in [0.1, 0.15) is 0 Å². The molecule has 39 heavy (non-hydrogen) atoms. The third kappa shape index (κ3) is 5.42. The van der Waals surface area contributed by atoms with Crippen molar-refractivity contribution in [1.82, 2.24) is 9.47 Å². The number of aromatic carboxylic acids is 1. The fourth-order valence-corrected chi connectivity index (χ4v) is 5.78. The first-order valence-corrected chi connectivity index (χ1v) is 13.8. The van der Waals surface area contributed by atoms with Gasteiger partial charge in [0.25, 0.3) is 5.91 Å². The summed E-state index contributed by atoms with van der Waals surface area (Å²) in [6, 6.07) is 14.8. The van der Waals surface area contributed by atoms with E-state index in [1.165, 1.54) is 0 Å². The zero-order chi connectivity index (χ0) is 28.4. The molecule has 0 radical (unpaired) electrons. The summed E-state index contributed by atoms with van der Waals surface area (Å²) in [6.45, 7) is 9.06. The molecule has 9 heteroatoms. The van der Waals surface area contributed by atoms with Gasteiger partial charge < -0.3 is 20.7 Å². The van der Waals surface area contributed by atoms with Gasteiger partial charge in [-0.25, -0.2) is 4.79 Å². The molecule has 0 fully saturated rings. The maximum Gasteiger partial charge on any atom is 0.338 e. The van der Waals surface area contributed by atoms with E-state index in [9.17, 15) is 19.5 Å². The molecule has 4 N–H and O–H groups in total. The third-order valence-corrected chi connectivity index (χ3v) is 7.56. The van der Waals surface area contributed by atoms with E-state index in [1.807, 2.05) is 80.8 Å². The van der Waals surface area contributed by atoms with Gasteiger partial charge in [0.15, 0.2) is 0 Å². The highest BCUT2D eigenvalue weighted by Crippen LogP contribution is 2.43. The number of anilines is 1. The first-order valence-electron chi connectivity index (χ1n) is 13.0. The molecule has 4 rings (SSSR count). The van der Waals surface area contributed by atoms with Gasteiger partial charge in [-0.1, -0.05) is 74.0 Å². The number of carbonyl (C=O) groups is 3. The fraction of sp³-hybridized carbons (Fsp3) is 0.300. The van der Waals surface area contributed by atoms with Crippen molar-refractivity contribution in [1.29, 1.82) is 0 Å². The van der Waals surface area contributed by atoms with E-state index in [2.05, 4.69) is 26.1 Å². The molecule has 8 nitrogen and oxygen atoms in total. The topological polar surface area (TPSA) is 118 Å². The first kappa shape index (κ1) is 28.3. The molecule has 3 aromatic rings. The summed E-state index contributed by atoms with van der Waals surface area (Å²) in [5.41, 5.74) is 10.0. The van der Waals surface area contributed by atoms with E-state index in [-0.39, 0.29) is 23.8 Å². The lowest BCUT2D eigenvalue weighted by molar-refractivity contribution is -0.120. The van der Waals surface area contributed by atoms with Gasteiger partial charge in [-0.05, 0) is 48.8 Å². The van der Waals surface area contributed by atoms with Crippen molar-refractivity contribution in [2.24, 2.45) is 5.73 Å². The maximum atomic E-state index is 13.3. The molecule has 1 atom stereocenters. The molecular formula is C30H33BrN4O4. The van der Waals surface area contributed by atoms with Gasteiger partial charge in [-0.15, -0.1) is 0 Å². The molecule has 0 saturated carbocycles. The Morgan fingerprint density at radius 2 is 1.79 bits per heavy atom. The number of nitrogens with two attached hydrogens (primary N) is 1. The molecule has 1 aromatic heterocycles. The number of carboxylic acid groups (broad SMARTS) is 1. The molecule has 2 amide bonds. The zero-order valence-electron chi connectivity index (χ0n) is 22.5. The number of hydrogen-bond donors (Lipinski definition) is 3. The molecule has 2 heterocycles. The van der Waals surface area contributed by atoms with Gasteiger partial charge in [-0.2, -0.15) is 0 Å². The molecule has 204 valence electrons. The van der Waals surface area contributed by atoms with Crippen LogP contribution in [0.25, 0.3) is 22.8 Å². The Kier molecular flexibility index (Phi) is 8.42. The Hall–Kier alpha value is -3.69. The number of amides is 2. The predicted molar refractivity (Wildman–Crippen MR) is 157 cm³/mol. The van der Waals surface area contributed by atoms with Crippen LogP contribution in [0.1, 0.15) is 73.5 Å². The van der Waals surface area contributed by atoms with Gasteiger partial charge >= 0.3 is 5.97 Å². The van der Waals surface area contributed by atoms with Crippen molar-refractivity contribution < 1.29 is 19.5 Å². The molecular weight excluding hydrogens is 560 g/mol. The number of aromatic nitrogens is 1. The second kappa shape index (κ2) is 11.6. The van der Waals surface area contributed by atoms with E-state index in [0.29, 0.717) is 52.4 Å². The Balaban J connectivity index is 2.19. The summed E-state index contributed by atoms with van der Waals surface area (Å²) in [7, 11) is 0. The van der Waals surface area contributed by atoms with Crippen LogP contribution >= 0.6 is 15.9 Å². The minimum Gasteiger partial charge on any atom is -0.478 e. The second-order valence-corrected chi connectivity index (χ2v) is 10.7. The van der Waals surface area contributed by atoms with Gasteiger partial charge in [0.05, 0.1) is 29.4 Å². The zero-order valence-corrected chi connectivity index (χ0v) is 24.1. The number of benzene rings is 2. The average molecular weight is 594 g/mol.